The summed E-state index contributed by atoms with van der Waals surface area (Å²) in [5.41, 5.74) is 3.11. The van der Waals surface area contributed by atoms with Crippen LogP contribution in [-0.2, 0) is 19.6 Å². The number of nitrogens with zero attached hydrogens (tertiary/aromatic N) is 1. The number of likely N-dealkylation sites (N-methyl/N-ethyl adjacent to an activating group) is 1. The largest absolute Gasteiger partial charge is 0.425 e. The van der Waals surface area contributed by atoms with Crippen molar-refractivity contribution in [1.29, 1.82) is 0 Å². The van der Waals surface area contributed by atoms with Crippen LogP contribution in [0.3, 0.4) is 0 Å². The number of hydrogen-bond donors (Lipinski definition) is 1. The third-order valence-corrected chi connectivity index (χ3v) is 6.14. The Morgan fingerprint density at radius 2 is 1.57 bits per heavy atom. The molecule has 0 heterocycles. The number of carbonyl (C=O) groups excluding carboxylic acids is 2. The Morgan fingerprint density at radius 3 is 2.14 bits per heavy atom. The van der Waals surface area contributed by atoms with Crippen LogP contribution in [0.25, 0.3) is 0 Å². The molecule has 0 aromatic heterocycles. The van der Waals surface area contributed by atoms with Crippen molar-refractivity contribution < 1.29 is 22.7 Å². The fourth-order valence-electron chi connectivity index (χ4n) is 2.59. The first kappa shape index (κ1) is 21.6. The minimum absolute atomic E-state index is 0.0137. The molecule has 150 valence electrons. The number of rotatable bonds is 6. The van der Waals surface area contributed by atoms with Crippen molar-refractivity contribution in [2.24, 2.45) is 0 Å². The summed E-state index contributed by atoms with van der Waals surface area (Å²) in [7, 11) is -2.57. The van der Waals surface area contributed by atoms with Crippen LogP contribution in [-0.4, -0.2) is 38.2 Å². The van der Waals surface area contributed by atoms with E-state index < -0.39 is 22.5 Å². The molecule has 28 heavy (non-hydrogen) atoms. The van der Waals surface area contributed by atoms with E-state index in [1.54, 1.807) is 0 Å². The molecule has 0 bridgehead atoms. The molecule has 0 atom stereocenters. The number of anilines is 1. The molecule has 0 saturated heterocycles. The Labute approximate surface area is 165 Å². The average Bonchev–Trinajstić information content (AvgIpc) is 2.62. The number of ether oxygens (including phenoxy) is 1. The summed E-state index contributed by atoms with van der Waals surface area (Å²) in [6, 6.07) is 9.50. The second kappa shape index (κ2) is 8.53. The molecule has 2 aromatic carbocycles. The topological polar surface area (TPSA) is 92.8 Å². The third kappa shape index (κ3) is 4.96. The molecule has 0 aliphatic carbocycles. The summed E-state index contributed by atoms with van der Waals surface area (Å²) in [6.07, 6.45) is 0. The first-order valence-corrected chi connectivity index (χ1v) is 10.1. The van der Waals surface area contributed by atoms with Gasteiger partial charge in [-0.1, -0.05) is 12.1 Å². The number of hydrogen-bond acceptors (Lipinski definition) is 5. The van der Waals surface area contributed by atoms with Gasteiger partial charge in [0.1, 0.15) is 12.3 Å². The SMILES string of the molecule is CC(=O)Nc1ccc(S(=O)(=O)N(C)CC(=O)Oc2c(C)ccc(C)c2C)cc1. The molecule has 0 aliphatic rings. The van der Waals surface area contributed by atoms with E-state index in [0.717, 1.165) is 21.0 Å². The van der Waals surface area contributed by atoms with Crippen molar-refractivity contribution in [3.8, 4) is 5.75 Å². The molecule has 0 unspecified atom stereocenters. The van der Waals surface area contributed by atoms with Gasteiger partial charge in [-0.3, -0.25) is 9.59 Å². The highest BCUT2D eigenvalue weighted by molar-refractivity contribution is 7.89. The van der Waals surface area contributed by atoms with Crippen LogP contribution < -0.4 is 10.1 Å². The third-order valence-electron chi connectivity index (χ3n) is 4.32. The summed E-state index contributed by atoms with van der Waals surface area (Å²) in [4.78, 5) is 23.4. The zero-order valence-electron chi connectivity index (χ0n) is 16.6. The molecule has 0 aliphatic heterocycles. The quantitative estimate of drug-likeness (QED) is 0.590. The molecule has 0 saturated carbocycles. The van der Waals surface area contributed by atoms with Gasteiger partial charge in [0.05, 0.1) is 4.90 Å². The predicted octanol–water partition coefficient (Wildman–Crippen LogP) is 2.80. The van der Waals surface area contributed by atoms with Crippen molar-refractivity contribution in [2.45, 2.75) is 32.6 Å². The monoisotopic (exact) mass is 404 g/mol. The lowest BCUT2D eigenvalue weighted by atomic mass is 10.1. The Kier molecular flexibility index (Phi) is 6.58. The Bertz CT molecular complexity index is 998. The van der Waals surface area contributed by atoms with Gasteiger partial charge in [-0.25, -0.2) is 8.42 Å². The highest BCUT2D eigenvalue weighted by Gasteiger charge is 2.24. The summed E-state index contributed by atoms with van der Waals surface area (Å²) in [5, 5.41) is 2.57. The molecule has 1 N–H and O–H groups in total. The molecule has 2 aromatic rings. The van der Waals surface area contributed by atoms with Crippen LogP contribution in [0.5, 0.6) is 5.75 Å². The van der Waals surface area contributed by atoms with Crippen LogP contribution in [0.2, 0.25) is 0 Å². The molecule has 1 amide bonds. The van der Waals surface area contributed by atoms with Crippen molar-refractivity contribution in [3.05, 3.63) is 53.1 Å². The highest BCUT2D eigenvalue weighted by atomic mass is 32.2. The minimum Gasteiger partial charge on any atom is -0.425 e. The molecule has 0 spiro atoms. The minimum atomic E-state index is -3.88. The number of carbonyl (C=O) groups is 2. The first-order chi connectivity index (χ1) is 13.0. The van der Waals surface area contributed by atoms with E-state index in [2.05, 4.69) is 5.32 Å². The van der Waals surface area contributed by atoms with Gasteiger partial charge in [-0.05, 0) is 61.7 Å². The fraction of sp³-hybridized carbons (Fsp3) is 0.300. The van der Waals surface area contributed by atoms with Crippen molar-refractivity contribution in [2.75, 3.05) is 18.9 Å². The van der Waals surface area contributed by atoms with Crippen molar-refractivity contribution in [1.82, 2.24) is 4.31 Å². The number of benzene rings is 2. The first-order valence-electron chi connectivity index (χ1n) is 8.64. The van der Waals surface area contributed by atoms with Gasteiger partial charge in [-0.15, -0.1) is 0 Å². The highest BCUT2D eigenvalue weighted by Crippen LogP contribution is 2.26. The smallest absolute Gasteiger partial charge is 0.326 e. The number of esters is 1. The maximum Gasteiger partial charge on any atom is 0.326 e. The van der Waals surface area contributed by atoms with Gasteiger partial charge in [0.2, 0.25) is 15.9 Å². The zero-order chi connectivity index (χ0) is 21.1. The Hall–Kier alpha value is -2.71. The van der Waals surface area contributed by atoms with Gasteiger partial charge >= 0.3 is 5.97 Å². The molecular formula is C20H24N2O5S. The molecule has 0 fully saturated rings. The standard InChI is InChI=1S/C20H24N2O5S/c1-13-6-7-14(2)20(15(13)3)27-19(24)12-22(5)28(25,26)18-10-8-17(9-11-18)21-16(4)23/h6-11H,12H2,1-5H3,(H,21,23). The molecule has 8 heteroatoms. The van der Waals surface area contributed by atoms with Crippen molar-refractivity contribution in [3.63, 3.8) is 0 Å². The Morgan fingerprint density at radius 1 is 1.00 bits per heavy atom. The van der Waals surface area contributed by atoms with Crippen molar-refractivity contribution >= 4 is 27.6 Å². The lowest BCUT2D eigenvalue weighted by molar-refractivity contribution is -0.134. The number of nitrogens with one attached hydrogen (secondary N) is 1. The van der Waals surface area contributed by atoms with Gasteiger partial charge in [-0.2, -0.15) is 4.31 Å². The summed E-state index contributed by atoms with van der Waals surface area (Å²) < 4.78 is 31.7. The normalized spacial score (nSPS) is 11.4. The van der Waals surface area contributed by atoms with E-state index >= 15 is 0 Å². The van der Waals surface area contributed by atoms with E-state index in [1.165, 1.54) is 38.2 Å². The van der Waals surface area contributed by atoms with Gasteiger partial charge in [0.15, 0.2) is 0 Å². The molecular weight excluding hydrogens is 380 g/mol. The van der Waals surface area contributed by atoms with Gasteiger partial charge in [0, 0.05) is 19.7 Å². The maximum atomic E-state index is 12.7. The number of amides is 1. The van der Waals surface area contributed by atoms with Crippen LogP contribution in [0, 0.1) is 20.8 Å². The van der Waals surface area contributed by atoms with E-state index in [1.807, 2.05) is 32.9 Å². The van der Waals surface area contributed by atoms with Gasteiger partial charge in [0.25, 0.3) is 0 Å². The van der Waals surface area contributed by atoms with E-state index in [4.69, 9.17) is 4.74 Å². The number of sulfonamides is 1. The molecule has 0 radical (unpaired) electrons. The van der Waals surface area contributed by atoms with Crippen LogP contribution >= 0.6 is 0 Å². The second-order valence-electron chi connectivity index (χ2n) is 6.59. The summed E-state index contributed by atoms with van der Waals surface area (Å²) in [6.45, 7) is 6.52. The average molecular weight is 404 g/mol. The summed E-state index contributed by atoms with van der Waals surface area (Å²) in [5.74, 6) is -0.467. The van der Waals surface area contributed by atoms with E-state index in [-0.39, 0.29) is 10.8 Å². The lowest BCUT2D eigenvalue weighted by Gasteiger charge is -2.18. The lowest BCUT2D eigenvalue weighted by Crippen LogP contribution is -2.34. The number of aryl methyl sites for hydroxylation is 2. The predicted molar refractivity (Wildman–Crippen MR) is 107 cm³/mol. The molecule has 7 nitrogen and oxygen atoms in total. The fourth-order valence-corrected chi connectivity index (χ4v) is 3.70. The maximum absolute atomic E-state index is 12.7. The van der Waals surface area contributed by atoms with Gasteiger partial charge < -0.3 is 10.1 Å². The van der Waals surface area contributed by atoms with Crippen LogP contribution in [0.4, 0.5) is 5.69 Å². The zero-order valence-corrected chi connectivity index (χ0v) is 17.4. The Balaban J connectivity index is 2.12. The van der Waals surface area contributed by atoms with E-state index in [9.17, 15) is 18.0 Å². The second-order valence-corrected chi connectivity index (χ2v) is 8.64. The summed E-state index contributed by atoms with van der Waals surface area (Å²) >= 11 is 0. The molecule has 2 rings (SSSR count). The van der Waals surface area contributed by atoms with Crippen LogP contribution in [0.15, 0.2) is 41.3 Å². The van der Waals surface area contributed by atoms with E-state index in [0.29, 0.717) is 11.4 Å². The van der Waals surface area contributed by atoms with Crippen LogP contribution in [0.1, 0.15) is 23.6 Å².